The van der Waals surface area contributed by atoms with Crippen LogP contribution in [0, 0.1) is 0 Å². The third-order valence-electron chi connectivity index (χ3n) is 3.87. The molecule has 0 saturated heterocycles. The number of benzene rings is 2. The number of nitrogens with one attached hydrogen (secondary N) is 2. The molecule has 2 aromatic carbocycles. The van der Waals surface area contributed by atoms with Crippen LogP contribution in [0.15, 0.2) is 47.4 Å². The van der Waals surface area contributed by atoms with Crippen molar-refractivity contribution in [3.63, 3.8) is 0 Å². The molecule has 0 unspecified atom stereocenters. The second-order valence-corrected chi connectivity index (χ2v) is 6.80. The van der Waals surface area contributed by atoms with Gasteiger partial charge in [-0.2, -0.15) is 0 Å². The summed E-state index contributed by atoms with van der Waals surface area (Å²) in [6, 6.07) is 11.8. The number of para-hydroxylation sites is 2. The SMILES string of the molecule is COc1ccccc1NC(=O)[C@H](C)OC(=O)c1ccc2c(c1)NC(=O)CS2. The van der Waals surface area contributed by atoms with E-state index in [1.165, 1.54) is 25.8 Å². The van der Waals surface area contributed by atoms with Crippen LogP contribution in [0.4, 0.5) is 11.4 Å². The zero-order valence-electron chi connectivity index (χ0n) is 14.8. The number of hydrogen-bond donors (Lipinski definition) is 2. The molecule has 0 aromatic heterocycles. The minimum absolute atomic E-state index is 0.123. The number of methoxy groups -OCH3 is 1. The summed E-state index contributed by atoms with van der Waals surface area (Å²) in [6.07, 6.45) is -1.01. The summed E-state index contributed by atoms with van der Waals surface area (Å²) in [7, 11) is 1.50. The van der Waals surface area contributed by atoms with Crippen molar-refractivity contribution in [1.29, 1.82) is 0 Å². The highest BCUT2D eigenvalue weighted by Crippen LogP contribution is 2.32. The molecular formula is C19H18N2O5S. The van der Waals surface area contributed by atoms with E-state index in [1.54, 1.807) is 42.5 Å². The summed E-state index contributed by atoms with van der Waals surface area (Å²) in [4.78, 5) is 37.0. The van der Waals surface area contributed by atoms with Crippen molar-refractivity contribution >= 4 is 40.9 Å². The molecule has 0 bridgehead atoms. The minimum Gasteiger partial charge on any atom is -0.495 e. The highest BCUT2D eigenvalue weighted by atomic mass is 32.2. The predicted octanol–water partition coefficient (Wildman–Crippen LogP) is 2.92. The minimum atomic E-state index is -1.01. The van der Waals surface area contributed by atoms with Crippen LogP contribution in [0.3, 0.4) is 0 Å². The smallest absolute Gasteiger partial charge is 0.338 e. The Bertz CT molecular complexity index is 899. The second kappa shape index (κ2) is 8.13. The van der Waals surface area contributed by atoms with E-state index in [4.69, 9.17) is 9.47 Å². The van der Waals surface area contributed by atoms with Crippen molar-refractivity contribution in [1.82, 2.24) is 0 Å². The molecule has 0 fully saturated rings. The highest BCUT2D eigenvalue weighted by Gasteiger charge is 2.22. The lowest BCUT2D eigenvalue weighted by atomic mass is 10.2. The Kier molecular flexibility index (Phi) is 5.66. The van der Waals surface area contributed by atoms with Crippen molar-refractivity contribution in [2.75, 3.05) is 23.5 Å². The molecule has 140 valence electrons. The van der Waals surface area contributed by atoms with Crippen LogP contribution in [0.5, 0.6) is 5.75 Å². The molecule has 7 nitrogen and oxygen atoms in total. The monoisotopic (exact) mass is 386 g/mol. The zero-order chi connectivity index (χ0) is 19.4. The summed E-state index contributed by atoms with van der Waals surface area (Å²) in [5, 5.41) is 5.39. The predicted molar refractivity (Wildman–Crippen MR) is 102 cm³/mol. The first kappa shape index (κ1) is 18.8. The first-order valence-electron chi connectivity index (χ1n) is 8.19. The van der Waals surface area contributed by atoms with Gasteiger partial charge in [0.25, 0.3) is 5.91 Å². The Morgan fingerprint density at radius 2 is 2.00 bits per heavy atom. The Morgan fingerprint density at radius 3 is 2.78 bits per heavy atom. The van der Waals surface area contributed by atoms with Crippen LogP contribution in [-0.4, -0.2) is 36.8 Å². The summed E-state index contributed by atoms with van der Waals surface area (Å²) in [5.41, 5.74) is 1.31. The topological polar surface area (TPSA) is 93.7 Å². The molecule has 1 aliphatic rings. The van der Waals surface area contributed by atoms with Gasteiger partial charge in [-0.25, -0.2) is 4.79 Å². The lowest BCUT2D eigenvalue weighted by Gasteiger charge is -2.18. The van der Waals surface area contributed by atoms with Crippen LogP contribution in [0.2, 0.25) is 0 Å². The highest BCUT2D eigenvalue weighted by molar-refractivity contribution is 8.00. The normalized spacial score (nSPS) is 13.8. The number of hydrogen-bond acceptors (Lipinski definition) is 6. The van der Waals surface area contributed by atoms with E-state index in [9.17, 15) is 14.4 Å². The average molecular weight is 386 g/mol. The van der Waals surface area contributed by atoms with Crippen molar-refractivity contribution in [3.05, 3.63) is 48.0 Å². The summed E-state index contributed by atoms with van der Waals surface area (Å²) < 4.78 is 10.4. The van der Waals surface area contributed by atoms with Crippen LogP contribution in [0.25, 0.3) is 0 Å². The molecule has 3 rings (SSSR count). The number of amides is 2. The van der Waals surface area contributed by atoms with E-state index in [2.05, 4.69) is 10.6 Å². The Labute approximate surface area is 160 Å². The van der Waals surface area contributed by atoms with Crippen LogP contribution < -0.4 is 15.4 Å². The van der Waals surface area contributed by atoms with Gasteiger partial charge in [0.2, 0.25) is 5.91 Å². The Hall–Kier alpha value is -3.00. The fraction of sp³-hybridized carbons (Fsp3) is 0.211. The molecule has 27 heavy (non-hydrogen) atoms. The number of anilines is 2. The maximum absolute atomic E-state index is 12.4. The third-order valence-corrected chi connectivity index (χ3v) is 4.94. The van der Waals surface area contributed by atoms with Gasteiger partial charge < -0.3 is 20.1 Å². The molecule has 2 aromatic rings. The largest absolute Gasteiger partial charge is 0.495 e. The maximum Gasteiger partial charge on any atom is 0.338 e. The van der Waals surface area contributed by atoms with Crippen molar-refractivity contribution in [3.8, 4) is 5.75 Å². The number of esters is 1. The lowest BCUT2D eigenvalue weighted by Crippen LogP contribution is -2.30. The number of fused-ring (bicyclic) bond motifs is 1. The van der Waals surface area contributed by atoms with Crippen LogP contribution in [0.1, 0.15) is 17.3 Å². The van der Waals surface area contributed by atoms with Gasteiger partial charge in [0.1, 0.15) is 5.75 Å². The van der Waals surface area contributed by atoms with Crippen molar-refractivity contribution in [2.45, 2.75) is 17.9 Å². The molecule has 2 N–H and O–H groups in total. The summed E-state index contributed by atoms with van der Waals surface area (Å²) in [5.74, 6) is -0.397. The molecule has 1 aliphatic heterocycles. The fourth-order valence-electron chi connectivity index (χ4n) is 2.47. The first-order chi connectivity index (χ1) is 13.0. The molecule has 0 saturated carbocycles. The number of carbonyl (C=O) groups is 3. The number of thioether (sulfide) groups is 1. The maximum atomic E-state index is 12.4. The quantitative estimate of drug-likeness (QED) is 0.768. The molecule has 1 atom stereocenters. The van der Waals surface area contributed by atoms with Gasteiger partial charge in [0.15, 0.2) is 6.10 Å². The van der Waals surface area contributed by atoms with Gasteiger partial charge in [0, 0.05) is 4.90 Å². The Morgan fingerprint density at radius 1 is 1.22 bits per heavy atom. The van der Waals surface area contributed by atoms with Gasteiger partial charge in [-0.1, -0.05) is 12.1 Å². The van der Waals surface area contributed by atoms with Crippen LogP contribution in [-0.2, 0) is 14.3 Å². The Balaban J connectivity index is 1.66. The van der Waals surface area contributed by atoms with Crippen molar-refractivity contribution < 1.29 is 23.9 Å². The molecular weight excluding hydrogens is 368 g/mol. The van der Waals surface area contributed by atoms with E-state index < -0.39 is 18.0 Å². The van der Waals surface area contributed by atoms with Gasteiger partial charge in [0.05, 0.1) is 29.8 Å². The molecule has 2 amide bonds. The molecule has 0 radical (unpaired) electrons. The second-order valence-electron chi connectivity index (χ2n) is 5.78. The van der Waals surface area contributed by atoms with Gasteiger partial charge in [-0.05, 0) is 37.3 Å². The van der Waals surface area contributed by atoms with Gasteiger partial charge in [-0.15, -0.1) is 11.8 Å². The van der Waals surface area contributed by atoms with Gasteiger partial charge in [-0.3, -0.25) is 9.59 Å². The lowest BCUT2D eigenvalue weighted by molar-refractivity contribution is -0.123. The first-order valence-corrected chi connectivity index (χ1v) is 9.18. The molecule has 1 heterocycles. The molecule has 0 aliphatic carbocycles. The van der Waals surface area contributed by atoms with E-state index >= 15 is 0 Å². The number of carbonyl (C=O) groups excluding carboxylic acids is 3. The average Bonchev–Trinajstić information content (AvgIpc) is 2.67. The van der Waals surface area contributed by atoms with Crippen molar-refractivity contribution in [2.24, 2.45) is 0 Å². The van der Waals surface area contributed by atoms with Gasteiger partial charge >= 0.3 is 5.97 Å². The zero-order valence-corrected chi connectivity index (χ0v) is 15.6. The summed E-state index contributed by atoms with van der Waals surface area (Å²) in [6.45, 7) is 1.48. The van der Waals surface area contributed by atoms with E-state index in [-0.39, 0.29) is 11.5 Å². The van der Waals surface area contributed by atoms with E-state index in [0.29, 0.717) is 22.9 Å². The van der Waals surface area contributed by atoms with E-state index in [0.717, 1.165) is 4.90 Å². The number of ether oxygens (including phenoxy) is 2. The summed E-state index contributed by atoms with van der Waals surface area (Å²) >= 11 is 1.40. The number of rotatable bonds is 5. The standard InChI is InChI=1S/C19H18N2O5S/c1-11(18(23)21-13-5-3-4-6-15(13)25-2)26-19(24)12-7-8-16-14(9-12)20-17(22)10-27-16/h3-9,11H,10H2,1-2H3,(H,20,22)(H,21,23)/t11-/m0/s1. The van der Waals surface area contributed by atoms with E-state index in [1.807, 2.05) is 0 Å². The molecule has 8 heteroatoms. The molecule has 0 spiro atoms. The van der Waals surface area contributed by atoms with Crippen LogP contribution >= 0.6 is 11.8 Å². The third kappa shape index (κ3) is 4.40. The fourth-order valence-corrected chi connectivity index (χ4v) is 3.26.